The van der Waals surface area contributed by atoms with Crippen LogP contribution in [0.25, 0.3) is 155 Å². The molecule has 0 N–H and O–H groups in total. The summed E-state index contributed by atoms with van der Waals surface area (Å²) in [6.45, 7) is 0. The lowest BCUT2D eigenvalue weighted by Crippen LogP contribution is -1.93. The molecule has 0 amide bonds. The SMILES string of the molecule is c1ccc(-c2cccc(-c3ccc4c(c3)c3cc(-c5cccc(-c6ccccc6)c5)ccc3n4-c3ccccc3)c2)cc1.c1cnc2c(c1)oc1ccc(-c3ccc4oc5ccc(-n6c7ccccc7c7ccccc76)cc5c4c3)cc12. The minimum Gasteiger partial charge on any atom is -0.456 e. The molecule has 0 unspecified atom stereocenters. The zero-order valence-corrected chi connectivity index (χ0v) is 44.4. The highest BCUT2D eigenvalue weighted by Gasteiger charge is 2.18. The molecule has 0 aliphatic rings. The van der Waals surface area contributed by atoms with Gasteiger partial charge in [0, 0.05) is 55.3 Å². The molecular formula is C77H49N3O2. The maximum absolute atomic E-state index is 6.27. The van der Waals surface area contributed by atoms with Crippen LogP contribution in [0.15, 0.2) is 306 Å². The summed E-state index contributed by atoms with van der Waals surface area (Å²) in [5.74, 6) is 0. The van der Waals surface area contributed by atoms with Crippen molar-refractivity contribution in [2.24, 2.45) is 0 Å². The Bertz CT molecular complexity index is 5080. The van der Waals surface area contributed by atoms with Gasteiger partial charge >= 0.3 is 0 Å². The molecule has 17 rings (SSSR count). The zero-order valence-electron chi connectivity index (χ0n) is 44.4. The van der Waals surface area contributed by atoms with E-state index < -0.39 is 0 Å². The van der Waals surface area contributed by atoms with Gasteiger partial charge in [0.1, 0.15) is 22.3 Å². The molecule has 5 aromatic heterocycles. The molecule has 5 nitrogen and oxygen atoms in total. The largest absolute Gasteiger partial charge is 0.456 e. The van der Waals surface area contributed by atoms with Crippen molar-refractivity contribution in [2.75, 3.05) is 0 Å². The summed E-state index contributed by atoms with van der Waals surface area (Å²) in [7, 11) is 0. The lowest BCUT2D eigenvalue weighted by molar-refractivity contribution is 0.668. The number of furan rings is 2. The van der Waals surface area contributed by atoms with Crippen LogP contribution >= 0.6 is 0 Å². The predicted octanol–water partition coefficient (Wildman–Crippen LogP) is 21.1. The minimum atomic E-state index is 0.804. The Morgan fingerprint density at radius 1 is 0.220 bits per heavy atom. The van der Waals surface area contributed by atoms with Gasteiger partial charge in [-0.2, -0.15) is 0 Å². The second-order valence-corrected chi connectivity index (χ2v) is 21.1. The highest BCUT2D eigenvalue weighted by Crippen LogP contribution is 2.41. The molecule has 5 heterocycles. The Morgan fingerprint density at radius 2 is 0.610 bits per heavy atom. The molecule has 5 heteroatoms. The average Bonchev–Trinajstić information content (AvgIpc) is 4.39. The number of pyridine rings is 1. The molecule has 82 heavy (non-hydrogen) atoms. The maximum atomic E-state index is 6.27. The first-order valence-corrected chi connectivity index (χ1v) is 27.8. The summed E-state index contributed by atoms with van der Waals surface area (Å²) in [6, 6.07) is 104. The molecule has 17 aromatic rings. The van der Waals surface area contributed by atoms with Gasteiger partial charge in [-0.05, 0) is 171 Å². The topological polar surface area (TPSA) is 49.0 Å². The molecule has 0 saturated carbocycles. The number of hydrogen-bond acceptors (Lipinski definition) is 3. The number of benzene rings is 12. The minimum absolute atomic E-state index is 0.804. The van der Waals surface area contributed by atoms with Crippen LogP contribution in [-0.4, -0.2) is 14.1 Å². The number of aromatic nitrogens is 3. The molecule has 0 bridgehead atoms. The van der Waals surface area contributed by atoms with Crippen molar-refractivity contribution in [1.29, 1.82) is 0 Å². The fraction of sp³-hybridized carbons (Fsp3) is 0. The second kappa shape index (κ2) is 19.4. The van der Waals surface area contributed by atoms with Crippen LogP contribution in [-0.2, 0) is 0 Å². The van der Waals surface area contributed by atoms with Gasteiger partial charge in [0.2, 0.25) is 0 Å². The Kier molecular flexibility index (Phi) is 11.1. The van der Waals surface area contributed by atoms with E-state index in [1.165, 1.54) is 93.8 Å². The lowest BCUT2D eigenvalue weighted by atomic mass is 9.96. The third-order valence-electron chi connectivity index (χ3n) is 16.2. The van der Waals surface area contributed by atoms with Crippen LogP contribution in [0.4, 0.5) is 0 Å². The van der Waals surface area contributed by atoms with Gasteiger partial charge in [0.25, 0.3) is 0 Å². The Morgan fingerprint density at radius 3 is 1.18 bits per heavy atom. The molecule has 0 spiro atoms. The third kappa shape index (κ3) is 8.05. The van der Waals surface area contributed by atoms with E-state index in [1.807, 2.05) is 24.4 Å². The molecule has 0 atom stereocenters. The van der Waals surface area contributed by atoms with Crippen LogP contribution in [0.1, 0.15) is 0 Å². The molecule has 0 radical (unpaired) electrons. The van der Waals surface area contributed by atoms with Crippen LogP contribution in [0.5, 0.6) is 0 Å². The van der Waals surface area contributed by atoms with Crippen molar-refractivity contribution >= 4 is 87.6 Å². The van der Waals surface area contributed by atoms with Gasteiger partial charge in [-0.3, -0.25) is 4.98 Å². The molecule has 0 aliphatic heterocycles. The van der Waals surface area contributed by atoms with Crippen molar-refractivity contribution in [3.8, 4) is 67.0 Å². The van der Waals surface area contributed by atoms with Crippen LogP contribution in [0, 0.1) is 0 Å². The van der Waals surface area contributed by atoms with E-state index in [1.54, 1.807) is 0 Å². The second-order valence-electron chi connectivity index (χ2n) is 21.1. The van der Waals surface area contributed by atoms with Gasteiger partial charge < -0.3 is 18.0 Å². The summed E-state index contributed by atoms with van der Waals surface area (Å²) in [5, 5.41) is 8.23. The van der Waals surface area contributed by atoms with E-state index in [0.717, 1.165) is 60.8 Å². The van der Waals surface area contributed by atoms with Crippen molar-refractivity contribution in [2.45, 2.75) is 0 Å². The number of hydrogen-bond donors (Lipinski definition) is 0. The number of para-hydroxylation sites is 3. The maximum Gasteiger partial charge on any atom is 0.153 e. The molecule has 384 valence electrons. The van der Waals surface area contributed by atoms with Crippen LogP contribution in [0.2, 0.25) is 0 Å². The Labute approximate surface area is 472 Å². The highest BCUT2D eigenvalue weighted by molar-refractivity contribution is 6.13. The van der Waals surface area contributed by atoms with Gasteiger partial charge in [-0.1, -0.05) is 176 Å². The summed E-state index contributed by atoms with van der Waals surface area (Å²) >= 11 is 0. The first-order chi connectivity index (χ1) is 40.6. The fourth-order valence-electron chi connectivity index (χ4n) is 12.3. The standard InChI is InChI=1S/C42H29N.C35H20N2O2/c1-4-12-30(13-5-1)32-16-10-18-34(26-32)36-22-24-41-39(28-36)40-29-37(23-25-42(40)43(41)38-20-8-3-9-21-38)35-19-11-17-33(27-35)31-14-6-2-7-15-31;1-3-8-29-24(6-1)25-7-2-4-9-30(25)37(29)23-13-16-32-27(20-23)26-18-21(11-14-31(26)38-32)22-12-15-33-28(19-22)35-34(39-33)10-5-17-36-35/h1-29H;1-20H. The Hall–Kier alpha value is -11.0. The molecule has 0 saturated heterocycles. The van der Waals surface area contributed by atoms with Gasteiger partial charge in [-0.25, -0.2) is 0 Å². The highest BCUT2D eigenvalue weighted by atomic mass is 16.3. The first-order valence-electron chi connectivity index (χ1n) is 27.8. The summed E-state index contributed by atoms with van der Waals surface area (Å²) in [6.07, 6.45) is 1.81. The molecule has 0 aliphatic carbocycles. The fourth-order valence-corrected chi connectivity index (χ4v) is 12.3. The van der Waals surface area contributed by atoms with Crippen molar-refractivity contribution in [3.63, 3.8) is 0 Å². The average molecular weight is 1050 g/mol. The lowest BCUT2D eigenvalue weighted by Gasteiger charge is -2.09. The zero-order chi connectivity index (χ0) is 54.1. The normalized spacial score (nSPS) is 11.7. The van der Waals surface area contributed by atoms with E-state index in [4.69, 9.17) is 8.83 Å². The smallest absolute Gasteiger partial charge is 0.153 e. The first kappa shape index (κ1) is 47.0. The van der Waals surface area contributed by atoms with Crippen LogP contribution < -0.4 is 0 Å². The van der Waals surface area contributed by atoms with E-state index in [9.17, 15) is 0 Å². The monoisotopic (exact) mass is 1050 g/mol. The van der Waals surface area contributed by atoms with Crippen LogP contribution in [0.3, 0.4) is 0 Å². The number of nitrogens with zero attached hydrogens (tertiary/aromatic N) is 3. The predicted molar refractivity (Wildman–Crippen MR) is 341 cm³/mol. The van der Waals surface area contributed by atoms with E-state index >= 15 is 0 Å². The number of fused-ring (bicyclic) bond motifs is 12. The third-order valence-corrected chi connectivity index (χ3v) is 16.2. The van der Waals surface area contributed by atoms with Gasteiger partial charge in [0.15, 0.2) is 5.58 Å². The van der Waals surface area contributed by atoms with E-state index in [2.05, 4.69) is 287 Å². The summed E-state index contributed by atoms with van der Waals surface area (Å²) < 4.78 is 17.0. The van der Waals surface area contributed by atoms with E-state index in [-0.39, 0.29) is 0 Å². The summed E-state index contributed by atoms with van der Waals surface area (Å²) in [4.78, 5) is 4.55. The molecule has 12 aromatic carbocycles. The van der Waals surface area contributed by atoms with E-state index in [0.29, 0.717) is 0 Å². The van der Waals surface area contributed by atoms with Crippen molar-refractivity contribution in [3.05, 3.63) is 297 Å². The quantitative estimate of drug-likeness (QED) is 0.160. The number of rotatable bonds is 7. The van der Waals surface area contributed by atoms with Crippen molar-refractivity contribution < 1.29 is 8.83 Å². The molecule has 0 fully saturated rings. The summed E-state index contributed by atoms with van der Waals surface area (Å²) in [5.41, 5.74) is 23.4. The Balaban J connectivity index is 0.000000136. The van der Waals surface area contributed by atoms with Gasteiger partial charge in [0.05, 0.1) is 22.1 Å². The molecular weight excluding hydrogens is 999 g/mol. The van der Waals surface area contributed by atoms with Gasteiger partial charge in [-0.15, -0.1) is 0 Å². The van der Waals surface area contributed by atoms with Crippen molar-refractivity contribution in [1.82, 2.24) is 14.1 Å².